The first kappa shape index (κ1) is 12.8. The van der Waals surface area contributed by atoms with Gasteiger partial charge in [0.15, 0.2) is 0 Å². The second kappa shape index (κ2) is 6.38. The van der Waals surface area contributed by atoms with Crippen LogP contribution in [-0.4, -0.2) is 30.0 Å². The van der Waals surface area contributed by atoms with Crippen molar-refractivity contribution in [2.75, 3.05) is 18.6 Å². The molecule has 3 N–H and O–H groups in total. The van der Waals surface area contributed by atoms with Gasteiger partial charge in [0.2, 0.25) is 5.91 Å². The maximum absolute atomic E-state index is 11.4. The minimum atomic E-state index is -0.132. The van der Waals surface area contributed by atoms with E-state index in [0.29, 0.717) is 13.0 Å². The van der Waals surface area contributed by atoms with Crippen LogP contribution in [0, 0.1) is 0 Å². The van der Waals surface area contributed by atoms with E-state index in [9.17, 15) is 4.79 Å². The first-order chi connectivity index (χ1) is 7.16. The van der Waals surface area contributed by atoms with Gasteiger partial charge < -0.3 is 11.1 Å². The zero-order chi connectivity index (χ0) is 11.1. The predicted molar refractivity (Wildman–Crippen MR) is 66.0 cm³/mol. The first-order valence-corrected chi connectivity index (χ1v) is 7.10. The van der Waals surface area contributed by atoms with Gasteiger partial charge in [-0.2, -0.15) is 11.8 Å². The van der Waals surface area contributed by atoms with Crippen LogP contribution in [0.5, 0.6) is 0 Å². The first-order valence-electron chi connectivity index (χ1n) is 5.71. The van der Waals surface area contributed by atoms with Crippen LogP contribution in [0.3, 0.4) is 0 Å². The lowest BCUT2D eigenvalue weighted by atomic mass is 9.82. The van der Waals surface area contributed by atoms with Crippen LogP contribution in [0.15, 0.2) is 0 Å². The molecule has 0 aromatic rings. The number of nitrogens with one attached hydrogen (secondary N) is 1. The molecule has 0 aromatic carbocycles. The fraction of sp³-hybridized carbons (Fsp3) is 0.909. The molecule has 4 heteroatoms. The van der Waals surface area contributed by atoms with E-state index in [1.807, 2.05) is 6.26 Å². The molecule has 0 heterocycles. The van der Waals surface area contributed by atoms with E-state index in [-0.39, 0.29) is 11.4 Å². The Kier molecular flexibility index (Phi) is 5.47. The largest absolute Gasteiger partial charge is 0.354 e. The lowest BCUT2D eigenvalue weighted by molar-refractivity contribution is -0.121. The van der Waals surface area contributed by atoms with Crippen molar-refractivity contribution in [2.45, 2.75) is 44.1 Å². The predicted octanol–water partition coefficient (Wildman–Crippen LogP) is 1.52. The summed E-state index contributed by atoms with van der Waals surface area (Å²) < 4.78 is 0. The average Bonchev–Trinajstić information content (AvgIpc) is 2.25. The van der Waals surface area contributed by atoms with Crippen LogP contribution in [0.2, 0.25) is 0 Å². The second-order valence-electron chi connectivity index (χ2n) is 4.44. The van der Waals surface area contributed by atoms with Gasteiger partial charge in [-0.3, -0.25) is 4.79 Å². The molecule has 0 aromatic heterocycles. The molecule has 1 aliphatic carbocycles. The number of carbonyl (C=O) groups excluding carboxylic acids is 1. The highest BCUT2D eigenvalue weighted by Crippen LogP contribution is 2.25. The summed E-state index contributed by atoms with van der Waals surface area (Å²) in [6, 6.07) is 0. The smallest absolute Gasteiger partial charge is 0.220 e. The van der Waals surface area contributed by atoms with E-state index in [4.69, 9.17) is 5.73 Å². The molecule has 0 atom stereocenters. The van der Waals surface area contributed by atoms with Crippen LogP contribution >= 0.6 is 11.8 Å². The molecule has 0 unspecified atom stereocenters. The van der Waals surface area contributed by atoms with Gasteiger partial charge in [0.1, 0.15) is 0 Å². The Morgan fingerprint density at radius 3 is 2.67 bits per heavy atom. The van der Waals surface area contributed by atoms with Crippen molar-refractivity contribution in [3.8, 4) is 0 Å². The van der Waals surface area contributed by atoms with E-state index in [1.165, 1.54) is 19.3 Å². The van der Waals surface area contributed by atoms with Crippen LogP contribution in [0.1, 0.15) is 38.5 Å². The van der Waals surface area contributed by atoms with Crippen molar-refractivity contribution >= 4 is 17.7 Å². The summed E-state index contributed by atoms with van der Waals surface area (Å²) in [6.07, 6.45) is 8.43. The zero-order valence-corrected chi connectivity index (χ0v) is 10.4. The maximum atomic E-state index is 11.4. The minimum absolute atomic E-state index is 0.132. The van der Waals surface area contributed by atoms with Crippen LogP contribution in [0.25, 0.3) is 0 Å². The molecule has 1 saturated carbocycles. The molecule has 0 saturated heterocycles. The van der Waals surface area contributed by atoms with Crippen molar-refractivity contribution in [3.05, 3.63) is 0 Å². The van der Waals surface area contributed by atoms with Crippen molar-refractivity contribution in [1.29, 1.82) is 0 Å². The molecule has 0 spiro atoms. The van der Waals surface area contributed by atoms with Gasteiger partial charge in [0.05, 0.1) is 0 Å². The molecule has 0 radical (unpaired) electrons. The number of hydrogen-bond donors (Lipinski definition) is 2. The van der Waals surface area contributed by atoms with Crippen LogP contribution < -0.4 is 11.1 Å². The molecule has 15 heavy (non-hydrogen) atoms. The summed E-state index contributed by atoms with van der Waals surface area (Å²) in [5.74, 6) is 1.03. The standard InChI is InChI=1S/C11H22N2OS/c1-15-8-5-10(14)13-9-11(12)6-3-2-4-7-11/h2-9,12H2,1H3,(H,13,14). The van der Waals surface area contributed by atoms with Gasteiger partial charge >= 0.3 is 0 Å². The van der Waals surface area contributed by atoms with E-state index in [1.54, 1.807) is 11.8 Å². The summed E-state index contributed by atoms with van der Waals surface area (Å²) in [5, 5.41) is 2.95. The Balaban J connectivity index is 2.19. The molecule has 0 aliphatic heterocycles. The third-order valence-electron chi connectivity index (χ3n) is 3.02. The third kappa shape index (κ3) is 4.89. The molecule has 88 valence electrons. The number of rotatable bonds is 5. The summed E-state index contributed by atoms with van der Waals surface area (Å²) in [4.78, 5) is 11.4. The highest BCUT2D eigenvalue weighted by Gasteiger charge is 2.27. The van der Waals surface area contributed by atoms with E-state index in [0.717, 1.165) is 18.6 Å². The fourth-order valence-corrected chi connectivity index (χ4v) is 2.38. The maximum Gasteiger partial charge on any atom is 0.220 e. The lowest BCUT2D eigenvalue weighted by Gasteiger charge is -2.33. The summed E-state index contributed by atoms with van der Waals surface area (Å²) in [7, 11) is 0. The van der Waals surface area contributed by atoms with Crippen molar-refractivity contribution in [1.82, 2.24) is 5.32 Å². The zero-order valence-electron chi connectivity index (χ0n) is 9.55. The Labute approximate surface area is 96.6 Å². The number of thioether (sulfide) groups is 1. The minimum Gasteiger partial charge on any atom is -0.354 e. The van der Waals surface area contributed by atoms with Crippen LogP contribution in [-0.2, 0) is 4.79 Å². The Morgan fingerprint density at radius 2 is 2.07 bits per heavy atom. The average molecular weight is 230 g/mol. The number of amides is 1. The second-order valence-corrected chi connectivity index (χ2v) is 5.43. The Morgan fingerprint density at radius 1 is 1.40 bits per heavy atom. The number of carbonyl (C=O) groups is 1. The summed E-state index contributed by atoms with van der Waals surface area (Å²) >= 11 is 1.70. The molecule has 1 amide bonds. The van der Waals surface area contributed by atoms with Crippen molar-refractivity contribution in [2.24, 2.45) is 5.73 Å². The molecule has 1 aliphatic rings. The van der Waals surface area contributed by atoms with E-state index < -0.39 is 0 Å². The highest BCUT2D eigenvalue weighted by atomic mass is 32.2. The molecule has 3 nitrogen and oxygen atoms in total. The SMILES string of the molecule is CSCCC(=O)NCC1(N)CCCCC1. The topological polar surface area (TPSA) is 55.1 Å². The quantitative estimate of drug-likeness (QED) is 0.753. The van der Waals surface area contributed by atoms with E-state index >= 15 is 0 Å². The van der Waals surface area contributed by atoms with Gasteiger partial charge in [-0.15, -0.1) is 0 Å². The summed E-state index contributed by atoms with van der Waals surface area (Å²) in [6.45, 7) is 0.653. The lowest BCUT2D eigenvalue weighted by Crippen LogP contribution is -2.51. The van der Waals surface area contributed by atoms with Gasteiger partial charge in [-0.1, -0.05) is 19.3 Å². The molecular weight excluding hydrogens is 208 g/mol. The monoisotopic (exact) mass is 230 g/mol. The Bertz CT molecular complexity index is 203. The van der Waals surface area contributed by atoms with Gasteiger partial charge in [-0.25, -0.2) is 0 Å². The third-order valence-corrected chi connectivity index (χ3v) is 3.63. The normalized spacial score (nSPS) is 19.9. The summed E-state index contributed by atoms with van der Waals surface area (Å²) in [5.41, 5.74) is 6.08. The van der Waals surface area contributed by atoms with Gasteiger partial charge in [0.25, 0.3) is 0 Å². The van der Waals surface area contributed by atoms with Crippen molar-refractivity contribution < 1.29 is 4.79 Å². The molecule has 0 bridgehead atoms. The van der Waals surface area contributed by atoms with Gasteiger partial charge in [0, 0.05) is 24.3 Å². The molecule has 1 fully saturated rings. The van der Waals surface area contributed by atoms with Crippen molar-refractivity contribution in [3.63, 3.8) is 0 Å². The Hall–Kier alpha value is -0.220. The molecular formula is C11H22N2OS. The highest BCUT2D eigenvalue weighted by molar-refractivity contribution is 7.98. The molecule has 1 rings (SSSR count). The number of nitrogens with two attached hydrogens (primary N) is 1. The fourth-order valence-electron chi connectivity index (χ4n) is 1.99. The van der Waals surface area contributed by atoms with Crippen LogP contribution in [0.4, 0.5) is 0 Å². The van der Waals surface area contributed by atoms with Gasteiger partial charge in [-0.05, 0) is 19.1 Å². The van der Waals surface area contributed by atoms with E-state index in [2.05, 4.69) is 5.32 Å². The number of hydrogen-bond acceptors (Lipinski definition) is 3.